The second-order valence-electron chi connectivity index (χ2n) is 6.72. The van der Waals surface area contributed by atoms with Crippen molar-refractivity contribution in [2.24, 2.45) is 5.73 Å². The predicted molar refractivity (Wildman–Crippen MR) is 105 cm³/mol. The van der Waals surface area contributed by atoms with Crippen LogP contribution in [0.4, 0.5) is 0 Å². The molecule has 0 radical (unpaired) electrons. The normalized spacial score (nSPS) is 15.6. The molecule has 1 atom stereocenters. The number of aryl methyl sites for hydroxylation is 2. The average Bonchev–Trinajstić information content (AvgIpc) is 3.03. The fraction of sp³-hybridized carbons (Fsp3) is 0.182. The Balaban J connectivity index is 1.97. The largest absolute Gasteiger partial charge is 0.496 e. The monoisotopic (exact) mass is 372 g/mol. The Bertz CT molecular complexity index is 1120. The summed E-state index contributed by atoms with van der Waals surface area (Å²) >= 11 is 0. The van der Waals surface area contributed by atoms with E-state index in [4.69, 9.17) is 15.2 Å². The molecule has 1 aromatic heterocycles. The molecule has 28 heavy (non-hydrogen) atoms. The van der Waals surface area contributed by atoms with Crippen LogP contribution in [0.1, 0.15) is 28.3 Å². The van der Waals surface area contributed by atoms with E-state index >= 15 is 0 Å². The fourth-order valence-electron chi connectivity index (χ4n) is 3.59. The molecule has 0 bridgehead atoms. The molecule has 0 amide bonds. The number of nitrogens with zero attached hydrogens (tertiary/aromatic N) is 3. The minimum atomic E-state index is -0.413. The van der Waals surface area contributed by atoms with E-state index in [2.05, 4.69) is 11.2 Å². The van der Waals surface area contributed by atoms with E-state index in [1.165, 1.54) is 0 Å². The Morgan fingerprint density at radius 2 is 1.86 bits per heavy atom. The summed E-state index contributed by atoms with van der Waals surface area (Å²) in [5, 5.41) is 14.5. The number of para-hydroxylation sites is 1. The lowest BCUT2D eigenvalue weighted by Crippen LogP contribution is -2.22. The van der Waals surface area contributed by atoms with E-state index in [1.54, 1.807) is 11.8 Å². The molecule has 3 aromatic rings. The van der Waals surface area contributed by atoms with Crippen LogP contribution < -0.4 is 15.2 Å². The number of methoxy groups -OCH3 is 1. The van der Waals surface area contributed by atoms with Crippen LogP contribution in [0.3, 0.4) is 0 Å². The van der Waals surface area contributed by atoms with Crippen molar-refractivity contribution in [1.82, 2.24) is 9.78 Å². The van der Waals surface area contributed by atoms with E-state index < -0.39 is 5.92 Å². The predicted octanol–water partition coefficient (Wildman–Crippen LogP) is 3.72. The Kier molecular flexibility index (Phi) is 4.28. The molecular formula is C22H20N4O2. The van der Waals surface area contributed by atoms with E-state index in [-0.39, 0.29) is 5.88 Å². The molecule has 1 unspecified atom stereocenters. The summed E-state index contributed by atoms with van der Waals surface area (Å²) in [5.41, 5.74) is 11.0. The van der Waals surface area contributed by atoms with Gasteiger partial charge in [-0.1, -0.05) is 35.9 Å². The number of hydrogen-bond donors (Lipinski definition) is 1. The van der Waals surface area contributed by atoms with Crippen LogP contribution in [-0.2, 0) is 0 Å². The van der Waals surface area contributed by atoms with Gasteiger partial charge in [-0.3, -0.25) is 0 Å². The summed E-state index contributed by atoms with van der Waals surface area (Å²) in [5.74, 6) is 0.875. The Labute approximate surface area is 163 Å². The highest BCUT2D eigenvalue weighted by molar-refractivity contribution is 5.59. The van der Waals surface area contributed by atoms with E-state index in [1.807, 2.05) is 62.4 Å². The summed E-state index contributed by atoms with van der Waals surface area (Å²) in [6.45, 7) is 3.94. The first kappa shape index (κ1) is 17.7. The van der Waals surface area contributed by atoms with Crippen molar-refractivity contribution >= 4 is 0 Å². The zero-order valence-corrected chi connectivity index (χ0v) is 15.9. The van der Waals surface area contributed by atoms with Gasteiger partial charge in [0.1, 0.15) is 17.4 Å². The van der Waals surface area contributed by atoms with Crippen LogP contribution in [0.2, 0.25) is 0 Å². The van der Waals surface area contributed by atoms with Gasteiger partial charge in [-0.05, 0) is 32.0 Å². The Morgan fingerprint density at radius 3 is 2.54 bits per heavy atom. The summed E-state index contributed by atoms with van der Waals surface area (Å²) in [7, 11) is 1.61. The lowest BCUT2D eigenvalue weighted by Gasteiger charge is -2.26. The minimum Gasteiger partial charge on any atom is -0.496 e. The number of nitrogens with two attached hydrogens (primary N) is 1. The van der Waals surface area contributed by atoms with Crippen LogP contribution in [-0.4, -0.2) is 16.9 Å². The van der Waals surface area contributed by atoms with Crippen molar-refractivity contribution in [3.63, 3.8) is 0 Å². The van der Waals surface area contributed by atoms with Gasteiger partial charge in [0.2, 0.25) is 11.8 Å². The Morgan fingerprint density at radius 1 is 1.14 bits per heavy atom. The number of allylic oxidation sites excluding steroid dienone is 1. The van der Waals surface area contributed by atoms with E-state index in [9.17, 15) is 5.26 Å². The molecular weight excluding hydrogens is 352 g/mol. The molecule has 4 rings (SSSR count). The maximum absolute atomic E-state index is 9.79. The quantitative estimate of drug-likeness (QED) is 0.757. The highest BCUT2D eigenvalue weighted by atomic mass is 16.5. The highest BCUT2D eigenvalue weighted by Crippen LogP contribution is 2.46. The molecule has 1 aliphatic heterocycles. The number of hydrogen-bond acceptors (Lipinski definition) is 5. The molecule has 2 aromatic carbocycles. The van der Waals surface area contributed by atoms with Crippen molar-refractivity contribution in [2.75, 3.05) is 7.11 Å². The molecule has 0 aliphatic carbocycles. The fourth-order valence-corrected chi connectivity index (χ4v) is 3.59. The third-order valence-electron chi connectivity index (χ3n) is 4.96. The number of rotatable bonds is 3. The molecule has 2 heterocycles. The van der Waals surface area contributed by atoms with Gasteiger partial charge in [0, 0.05) is 5.56 Å². The second-order valence-corrected chi connectivity index (χ2v) is 6.72. The third kappa shape index (κ3) is 2.69. The lowest BCUT2D eigenvalue weighted by molar-refractivity contribution is 0.364. The zero-order valence-electron chi connectivity index (χ0n) is 15.9. The van der Waals surface area contributed by atoms with Gasteiger partial charge in [0.15, 0.2) is 0 Å². The number of fused-ring (bicyclic) bond motifs is 1. The van der Waals surface area contributed by atoms with Crippen molar-refractivity contribution in [3.05, 3.63) is 82.4 Å². The van der Waals surface area contributed by atoms with Gasteiger partial charge in [-0.25, -0.2) is 4.68 Å². The number of aromatic nitrogens is 2. The van der Waals surface area contributed by atoms with Gasteiger partial charge >= 0.3 is 0 Å². The minimum absolute atomic E-state index is 0.0826. The topological polar surface area (TPSA) is 86.1 Å². The van der Waals surface area contributed by atoms with Gasteiger partial charge in [0.25, 0.3) is 0 Å². The van der Waals surface area contributed by atoms with Gasteiger partial charge in [-0.2, -0.15) is 10.4 Å². The van der Waals surface area contributed by atoms with Gasteiger partial charge < -0.3 is 15.2 Å². The second kappa shape index (κ2) is 6.78. The first-order valence-electron chi connectivity index (χ1n) is 8.92. The summed E-state index contributed by atoms with van der Waals surface area (Å²) < 4.78 is 13.2. The van der Waals surface area contributed by atoms with E-state index in [0.29, 0.717) is 17.2 Å². The molecule has 6 heteroatoms. The van der Waals surface area contributed by atoms with Crippen molar-refractivity contribution < 1.29 is 9.47 Å². The molecule has 0 spiro atoms. The molecule has 2 N–H and O–H groups in total. The molecule has 6 nitrogen and oxygen atoms in total. The molecule has 0 saturated carbocycles. The lowest BCUT2D eigenvalue weighted by atomic mass is 9.83. The van der Waals surface area contributed by atoms with Crippen LogP contribution in [0.5, 0.6) is 11.6 Å². The first-order chi connectivity index (χ1) is 13.5. The molecule has 0 fully saturated rings. The van der Waals surface area contributed by atoms with Gasteiger partial charge in [0.05, 0.1) is 30.0 Å². The van der Waals surface area contributed by atoms with Crippen LogP contribution in [0.25, 0.3) is 5.69 Å². The van der Waals surface area contributed by atoms with Crippen molar-refractivity contribution in [1.29, 1.82) is 5.26 Å². The Hall–Kier alpha value is -3.72. The summed E-state index contributed by atoms with van der Waals surface area (Å²) in [6.07, 6.45) is 0. The molecule has 140 valence electrons. The average molecular weight is 372 g/mol. The third-order valence-corrected chi connectivity index (χ3v) is 4.96. The van der Waals surface area contributed by atoms with Crippen molar-refractivity contribution in [2.45, 2.75) is 19.8 Å². The summed E-state index contributed by atoms with van der Waals surface area (Å²) in [4.78, 5) is 0. The number of ether oxygens (including phenoxy) is 2. The van der Waals surface area contributed by atoms with Crippen molar-refractivity contribution in [3.8, 4) is 23.4 Å². The standard InChI is InChI=1S/C22H20N4O2/c1-13-8-10-15(11-9-13)26-22-19(14(2)25-26)20(17(12-23)21(24)28-22)16-6-4-5-7-18(16)27-3/h4-11,20H,24H2,1-3H3. The smallest absolute Gasteiger partial charge is 0.229 e. The van der Waals surface area contributed by atoms with E-state index in [0.717, 1.165) is 28.1 Å². The van der Waals surface area contributed by atoms with Crippen LogP contribution in [0.15, 0.2) is 60.0 Å². The SMILES string of the molecule is COc1ccccc1C1C(C#N)=C(N)Oc2c1c(C)nn2-c1ccc(C)cc1. The zero-order chi connectivity index (χ0) is 19.8. The summed E-state index contributed by atoms with van der Waals surface area (Å²) in [6, 6.07) is 17.8. The maximum Gasteiger partial charge on any atom is 0.229 e. The van der Waals surface area contributed by atoms with Crippen LogP contribution >= 0.6 is 0 Å². The maximum atomic E-state index is 9.79. The first-order valence-corrected chi connectivity index (χ1v) is 8.92. The van der Waals surface area contributed by atoms with Gasteiger partial charge in [-0.15, -0.1) is 0 Å². The number of benzene rings is 2. The number of nitriles is 1. The van der Waals surface area contributed by atoms with Crippen LogP contribution in [0, 0.1) is 25.2 Å². The molecule has 1 aliphatic rings. The molecule has 0 saturated heterocycles. The highest BCUT2D eigenvalue weighted by Gasteiger charge is 2.37.